The lowest BCUT2D eigenvalue weighted by Gasteiger charge is -2.31. The van der Waals surface area contributed by atoms with Gasteiger partial charge in [-0.3, -0.25) is 0 Å². The van der Waals surface area contributed by atoms with Gasteiger partial charge in [-0.25, -0.2) is 0 Å². The molecular formula is C56H42N2O4. The fourth-order valence-corrected chi connectivity index (χ4v) is 9.51. The van der Waals surface area contributed by atoms with Gasteiger partial charge in [0.2, 0.25) is 0 Å². The molecule has 0 amide bonds. The van der Waals surface area contributed by atoms with E-state index in [0.29, 0.717) is 11.5 Å². The second kappa shape index (κ2) is 14.4. The Morgan fingerprint density at radius 1 is 0.532 bits per heavy atom. The van der Waals surface area contributed by atoms with Crippen molar-refractivity contribution in [2.24, 2.45) is 0 Å². The van der Waals surface area contributed by atoms with Crippen molar-refractivity contribution in [2.75, 3.05) is 16.9 Å². The lowest BCUT2D eigenvalue weighted by atomic mass is 9.91. The highest BCUT2D eigenvalue weighted by Gasteiger charge is 2.28. The quantitative estimate of drug-likeness (QED) is 0.0779. The molecule has 0 atom stereocenters. The third-order valence-corrected chi connectivity index (χ3v) is 12.1. The maximum Gasteiger partial charge on any atom is 0.159 e. The minimum atomic E-state index is 0.476. The zero-order valence-corrected chi connectivity index (χ0v) is 35.0. The molecule has 11 rings (SSSR count). The Morgan fingerprint density at radius 2 is 1.05 bits per heavy atom. The van der Waals surface area contributed by atoms with Crippen LogP contribution in [0.2, 0.25) is 0 Å². The van der Waals surface area contributed by atoms with Gasteiger partial charge in [0, 0.05) is 32.3 Å². The number of fused-ring (bicyclic) bond motifs is 6. The Morgan fingerprint density at radius 3 is 1.66 bits per heavy atom. The Kier molecular flexibility index (Phi) is 8.58. The standard InChI is InChI=1S/C56H42N2O4/c1-7-44(35(5)60-33(2)3)57(48-21-13-18-40-38-16-8-10-23-50(38)61-55(40)48)45-31-27-36-26-30-43-46(32-28-37-25-29-42(45)52(36)53(37)43)58(47-20-12-15-34(4)54(47)59-6)49-22-14-19-41-39-17-9-11-24-51(39)62-56(41)49/h7-32H,2,5H2,1,3-4,6H3/b44-7+. The average Bonchev–Trinajstić information content (AvgIpc) is 3.87. The van der Waals surface area contributed by atoms with E-state index in [1.807, 2.05) is 50.3 Å². The first-order chi connectivity index (χ1) is 30.3. The van der Waals surface area contributed by atoms with Gasteiger partial charge in [-0.1, -0.05) is 128 Å². The number of anilines is 5. The molecule has 11 aromatic rings. The van der Waals surface area contributed by atoms with E-state index >= 15 is 0 Å². The van der Waals surface area contributed by atoms with Gasteiger partial charge in [-0.15, -0.1) is 0 Å². The number of para-hydroxylation sites is 5. The molecule has 0 unspecified atom stereocenters. The van der Waals surface area contributed by atoms with Crippen LogP contribution in [0.3, 0.4) is 0 Å². The van der Waals surface area contributed by atoms with Crippen molar-refractivity contribution in [1.29, 1.82) is 0 Å². The van der Waals surface area contributed by atoms with E-state index in [4.69, 9.17) is 18.3 Å². The number of methoxy groups -OCH3 is 1. The summed E-state index contributed by atoms with van der Waals surface area (Å²) in [4.78, 5) is 4.52. The first-order valence-corrected chi connectivity index (χ1v) is 20.8. The number of hydrogen-bond donors (Lipinski definition) is 0. The summed E-state index contributed by atoms with van der Waals surface area (Å²) >= 11 is 0. The molecule has 0 N–H and O–H groups in total. The van der Waals surface area contributed by atoms with E-state index < -0.39 is 0 Å². The molecule has 6 nitrogen and oxygen atoms in total. The predicted octanol–water partition coefficient (Wildman–Crippen LogP) is 16.3. The van der Waals surface area contributed by atoms with Crippen LogP contribution in [0.1, 0.15) is 19.4 Å². The van der Waals surface area contributed by atoms with Gasteiger partial charge in [0.15, 0.2) is 11.2 Å². The van der Waals surface area contributed by atoms with E-state index in [1.54, 1.807) is 7.11 Å². The second-order valence-electron chi connectivity index (χ2n) is 15.8. The van der Waals surface area contributed by atoms with Crippen LogP contribution in [0.5, 0.6) is 5.75 Å². The van der Waals surface area contributed by atoms with Crippen LogP contribution in [0.25, 0.3) is 76.2 Å². The largest absolute Gasteiger partial charge is 0.494 e. The average molecular weight is 807 g/mol. The van der Waals surface area contributed by atoms with Crippen LogP contribution in [0.4, 0.5) is 28.4 Å². The van der Waals surface area contributed by atoms with Crippen molar-refractivity contribution in [3.63, 3.8) is 0 Å². The van der Waals surface area contributed by atoms with Crippen molar-refractivity contribution in [1.82, 2.24) is 0 Å². The third kappa shape index (κ3) is 5.57. The topological polar surface area (TPSA) is 51.2 Å². The molecule has 0 aliphatic rings. The number of benzene rings is 9. The maximum absolute atomic E-state index is 6.72. The number of ether oxygens (including phenoxy) is 2. The highest BCUT2D eigenvalue weighted by atomic mass is 16.5. The van der Waals surface area contributed by atoms with Gasteiger partial charge < -0.3 is 28.1 Å². The molecule has 6 heteroatoms. The molecule has 62 heavy (non-hydrogen) atoms. The van der Waals surface area contributed by atoms with Gasteiger partial charge in [0.1, 0.15) is 22.7 Å². The van der Waals surface area contributed by atoms with E-state index in [1.165, 1.54) is 0 Å². The molecule has 0 saturated carbocycles. The number of hydrogen-bond acceptors (Lipinski definition) is 6. The molecule has 9 aromatic carbocycles. The minimum Gasteiger partial charge on any atom is -0.494 e. The molecule has 2 aromatic heterocycles. The lowest BCUT2D eigenvalue weighted by molar-refractivity contribution is 0.319. The van der Waals surface area contributed by atoms with Crippen molar-refractivity contribution in [3.8, 4) is 5.75 Å². The smallest absolute Gasteiger partial charge is 0.159 e. The molecule has 0 aliphatic carbocycles. The summed E-state index contributed by atoms with van der Waals surface area (Å²) in [6.45, 7) is 14.4. The molecule has 0 bridgehead atoms. The third-order valence-electron chi connectivity index (χ3n) is 12.1. The molecule has 0 spiro atoms. The fourth-order valence-electron chi connectivity index (χ4n) is 9.51. The second-order valence-corrected chi connectivity index (χ2v) is 15.8. The summed E-state index contributed by atoms with van der Waals surface area (Å²) in [7, 11) is 1.74. The number of nitrogens with zero attached hydrogens (tertiary/aromatic N) is 2. The van der Waals surface area contributed by atoms with Crippen LogP contribution >= 0.6 is 0 Å². The summed E-state index contributed by atoms with van der Waals surface area (Å²) in [6.07, 6.45) is 2.04. The lowest BCUT2D eigenvalue weighted by Crippen LogP contribution is -2.19. The first kappa shape index (κ1) is 37.1. The normalized spacial score (nSPS) is 12.1. The molecular weight excluding hydrogens is 765 g/mol. The van der Waals surface area contributed by atoms with Gasteiger partial charge >= 0.3 is 0 Å². The van der Waals surface area contributed by atoms with Crippen LogP contribution in [0.15, 0.2) is 197 Å². The molecule has 0 aliphatic heterocycles. The Bertz CT molecular complexity index is 3640. The monoisotopic (exact) mass is 806 g/mol. The van der Waals surface area contributed by atoms with Crippen LogP contribution < -0.4 is 14.5 Å². The number of aryl methyl sites for hydroxylation is 1. The maximum atomic E-state index is 6.72. The van der Waals surface area contributed by atoms with Crippen LogP contribution in [-0.2, 0) is 4.74 Å². The van der Waals surface area contributed by atoms with Gasteiger partial charge in [-0.2, -0.15) is 0 Å². The number of furan rings is 2. The van der Waals surface area contributed by atoms with Gasteiger partial charge in [0.05, 0.1) is 47.0 Å². The minimum absolute atomic E-state index is 0.476. The highest BCUT2D eigenvalue weighted by Crippen LogP contribution is 2.51. The number of allylic oxidation sites excluding steroid dienone is 2. The van der Waals surface area contributed by atoms with Crippen molar-refractivity contribution in [2.45, 2.75) is 20.8 Å². The predicted molar refractivity (Wildman–Crippen MR) is 258 cm³/mol. The first-order valence-electron chi connectivity index (χ1n) is 20.8. The summed E-state index contributed by atoms with van der Waals surface area (Å²) in [5.74, 6) is 1.82. The van der Waals surface area contributed by atoms with E-state index in [-0.39, 0.29) is 0 Å². The zero-order valence-electron chi connectivity index (χ0n) is 35.0. The van der Waals surface area contributed by atoms with Gasteiger partial charge in [-0.05, 0) is 90.3 Å². The molecule has 0 saturated heterocycles. The highest BCUT2D eigenvalue weighted by molar-refractivity contribution is 6.28. The molecule has 0 fully saturated rings. The molecule has 300 valence electrons. The Labute approximate surface area is 358 Å². The van der Waals surface area contributed by atoms with Crippen molar-refractivity contribution in [3.05, 3.63) is 194 Å². The van der Waals surface area contributed by atoms with Crippen molar-refractivity contribution >= 4 is 105 Å². The van der Waals surface area contributed by atoms with E-state index in [9.17, 15) is 0 Å². The fraction of sp³-hybridized carbons (Fsp3) is 0.0714. The summed E-state index contributed by atoms with van der Waals surface area (Å²) in [5, 5.41) is 10.9. The zero-order chi connectivity index (χ0) is 42.2. The van der Waals surface area contributed by atoms with E-state index in [0.717, 1.165) is 122 Å². The van der Waals surface area contributed by atoms with Crippen molar-refractivity contribution < 1.29 is 18.3 Å². The number of rotatable bonds is 10. The summed E-state index contributed by atoms with van der Waals surface area (Å²) in [5.41, 5.74) is 9.68. The Hall–Kier alpha value is -7.96. The molecule has 2 heterocycles. The summed E-state index contributed by atoms with van der Waals surface area (Å²) in [6, 6.07) is 53.1. The van der Waals surface area contributed by atoms with Crippen LogP contribution in [-0.4, -0.2) is 7.11 Å². The summed E-state index contributed by atoms with van der Waals surface area (Å²) < 4.78 is 25.8. The SMILES string of the molecule is C=C(C)OC(=C)/C(=C\C)N(c1ccc2ccc3c(N(c4cccc(C)c4OC)c4cccc5c4oc4ccccc45)ccc4ccc1c2c43)c1cccc2c1oc1ccccc12. The van der Waals surface area contributed by atoms with E-state index in [2.05, 4.69) is 151 Å². The molecule has 0 radical (unpaired) electrons. The van der Waals surface area contributed by atoms with Crippen LogP contribution in [0, 0.1) is 6.92 Å². The Balaban J connectivity index is 1.20. The van der Waals surface area contributed by atoms with Gasteiger partial charge in [0.25, 0.3) is 0 Å².